The molecule has 12 rings (SSSR count). The van der Waals surface area contributed by atoms with Crippen molar-refractivity contribution in [3.8, 4) is 34.4 Å². The minimum atomic E-state index is -0.641. The standard InChI is InChI=1S/C52H33N5/c1-2-18-34(19-3-1)52(42-27-11-4-20-35(42)36-21-5-12-28-43(36)52)44-29-13-6-26-41(44)49-53-50(56-45-30-14-7-22-37(45)38-23-8-15-31-46(38)56)55-51(54-49)57-47-32-16-9-24-39(47)40-25-10-17-33-48(40)57/h1-33H. The number of para-hydroxylation sites is 4. The summed E-state index contributed by atoms with van der Waals surface area (Å²) in [6.45, 7) is 0. The molecule has 0 radical (unpaired) electrons. The van der Waals surface area contributed by atoms with E-state index in [1.165, 1.54) is 27.8 Å². The average molecular weight is 728 g/mol. The molecule has 0 fully saturated rings. The largest absolute Gasteiger partial charge is 0.278 e. The van der Waals surface area contributed by atoms with Gasteiger partial charge in [0.15, 0.2) is 5.82 Å². The highest BCUT2D eigenvalue weighted by molar-refractivity contribution is 6.10. The molecule has 3 aromatic heterocycles. The Morgan fingerprint density at radius 2 is 0.632 bits per heavy atom. The van der Waals surface area contributed by atoms with Crippen molar-refractivity contribution < 1.29 is 0 Å². The van der Waals surface area contributed by atoms with E-state index in [2.05, 4.69) is 209 Å². The van der Waals surface area contributed by atoms with Gasteiger partial charge >= 0.3 is 0 Å². The monoisotopic (exact) mass is 727 g/mol. The first kappa shape index (κ1) is 31.7. The van der Waals surface area contributed by atoms with Crippen LogP contribution < -0.4 is 0 Å². The molecule has 0 amide bonds. The SMILES string of the molecule is c1ccc(C2(c3ccccc3-c3nc(-n4c5ccccc5c5ccccc54)nc(-n4c5ccccc5c5ccccc54)n3)c3ccccc3-c3ccccc32)cc1. The predicted molar refractivity (Wildman–Crippen MR) is 231 cm³/mol. The Balaban J connectivity index is 1.22. The van der Waals surface area contributed by atoms with Crippen LogP contribution in [-0.2, 0) is 5.41 Å². The van der Waals surface area contributed by atoms with E-state index >= 15 is 0 Å². The van der Waals surface area contributed by atoms with Crippen molar-refractivity contribution in [1.82, 2.24) is 24.1 Å². The molecule has 0 saturated carbocycles. The normalized spacial score (nSPS) is 13.1. The first-order chi connectivity index (χ1) is 28.3. The number of hydrogen-bond donors (Lipinski definition) is 0. The van der Waals surface area contributed by atoms with E-state index in [0.717, 1.165) is 54.7 Å². The minimum absolute atomic E-state index is 0.560. The van der Waals surface area contributed by atoms with Crippen LogP contribution in [0.15, 0.2) is 200 Å². The first-order valence-electron chi connectivity index (χ1n) is 19.4. The van der Waals surface area contributed by atoms with Crippen LogP contribution >= 0.6 is 0 Å². The van der Waals surface area contributed by atoms with Gasteiger partial charge in [-0.05, 0) is 57.6 Å². The number of fused-ring (bicyclic) bond motifs is 9. The summed E-state index contributed by atoms with van der Waals surface area (Å²) in [6, 6.07) is 71.4. The summed E-state index contributed by atoms with van der Waals surface area (Å²) in [5.74, 6) is 1.72. The van der Waals surface area contributed by atoms with Gasteiger partial charge in [0.25, 0.3) is 0 Å². The smallest absolute Gasteiger partial charge is 0.240 e. The van der Waals surface area contributed by atoms with Gasteiger partial charge in [-0.25, -0.2) is 0 Å². The van der Waals surface area contributed by atoms with Crippen molar-refractivity contribution >= 4 is 43.6 Å². The fourth-order valence-corrected chi connectivity index (χ4v) is 9.64. The first-order valence-corrected chi connectivity index (χ1v) is 19.4. The summed E-state index contributed by atoms with van der Waals surface area (Å²) in [7, 11) is 0. The molecule has 5 nitrogen and oxygen atoms in total. The summed E-state index contributed by atoms with van der Waals surface area (Å²) in [4.78, 5) is 16.4. The van der Waals surface area contributed by atoms with Crippen LogP contribution in [0, 0.1) is 0 Å². The third kappa shape index (κ3) is 4.42. The van der Waals surface area contributed by atoms with Crippen molar-refractivity contribution in [2.75, 3.05) is 0 Å². The lowest BCUT2D eigenvalue weighted by Crippen LogP contribution is -2.29. The fraction of sp³-hybridized carbons (Fsp3) is 0.0192. The van der Waals surface area contributed by atoms with Crippen LogP contribution in [-0.4, -0.2) is 24.1 Å². The number of benzene rings is 8. The molecule has 0 bridgehead atoms. The van der Waals surface area contributed by atoms with Crippen molar-refractivity contribution in [2.24, 2.45) is 0 Å². The highest BCUT2D eigenvalue weighted by atomic mass is 15.3. The van der Waals surface area contributed by atoms with Crippen LogP contribution in [0.3, 0.4) is 0 Å². The highest BCUT2D eigenvalue weighted by Gasteiger charge is 2.47. The molecule has 0 N–H and O–H groups in total. The molecular formula is C52H33N5. The van der Waals surface area contributed by atoms with E-state index in [1.54, 1.807) is 0 Å². The van der Waals surface area contributed by atoms with Gasteiger partial charge in [-0.15, -0.1) is 0 Å². The van der Waals surface area contributed by atoms with Crippen LogP contribution in [0.4, 0.5) is 0 Å². The van der Waals surface area contributed by atoms with E-state index in [-0.39, 0.29) is 0 Å². The molecule has 0 saturated heterocycles. The van der Waals surface area contributed by atoms with E-state index in [4.69, 9.17) is 15.0 Å². The lowest BCUT2D eigenvalue weighted by atomic mass is 9.66. The molecule has 0 aliphatic heterocycles. The van der Waals surface area contributed by atoms with Crippen LogP contribution in [0.2, 0.25) is 0 Å². The van der Waals surface area contributed by atoms with Gasteiger partial charge in [-0.1, -0.05) is 176 Å². The van der Waals surface area contributed by atoms with Gasteiger partial charge in [-0.2, -0.15) is 15.0 Å². The van der Waals surface area contributed by atoms with Gasteiger partial charge in [0.1, 0.15) is 0 Å². The number of hydrogen-bond acceptors (Lipinski definition) is 3. The van der Waals surface area contributed by atoms with Crippen LogP contribution in [0.1, 0.15) is 22.3 Å². The van der Waals surface area contributed by atoms with Crippen LogP contribution in [0.25, 0.3) is 78.0 Å². The van der Waals surface area contributed by atoms with Crippen LogP contribution in [0.5, 0.6) is 0 Å². The molecule has 3 heterocycles. The lowest BCUT2D eigenvalue weighted by Gasteiger charge is -2.35. The zero-order valence-corrected chi connectivity index (χ0v) is 30.8. The lowest BCUT2D eigenvalue weighted by molar-refractivity contribution is 0.767. The van der Waals surface area contributed by atoms with Crippen molar-refractivity contribution in [1.29, 1.82) is 0 Å². The quantitative estimate of drug-likeness (QED) is 0.177. The zero-order chi connectivity index (χ0) is 37.5. The molecule has 266 valence electrons. The molecule has 57 heavy (non-hydrogen) atoms. The van der Waals surface area contributed by atoms with E-state index in [9.17, 15) is 0 Å². The number of rotatable bonds is 5. The van der Waals surface area contributed by atoms with Gasteiger partial charge in [-0.3, -0.25) is 9.13 Å². The third-order valence-electron chi connectivity index (χ3n) is 11.9. The molecule has 0 atom stereocenters. The van der Waals surface area contributed by atoms with Crippen molar-refractivity contribution in [3.63, 3.8) is 0 Å². The highest BCUT2D eigenvalue weighted by Crippen LogP contribution is 2.57. The Labute approximate surface area is 328 Å². The van der Waals surface area contributed by atoms with Gasteiger partial charge in [0.05, 0.1) is 27.5 Å². The third-order valence-corrected chi connectivity index (χ3v) is 11.9. The molecule has 0 unspecified atom stereocenters. The van der Waals surface area contributed by atoms with E-state index < -0.39 is 5.41 Å². The summed E-state index contributed by atoms with van der Waals surface area (Å²) >= 11 is 0. The summed E-state index contributed by atoms with van der Waals surface area (Å²) < 4.78 is 4.39. The zero-order valence-electron chi connectivity index (χ0n) is 30.8. The van der Waals surface area contributed by atoms with E-state index in [0.29, 0.717) is 17.7 Å². The topological polar surface area (TPSA) is 48.5 Å². The average Bonchev–Trinajstić information content (AvgIpc) is 3.91. The number of nitrogens with zero attached hydrogens (tertiary/aromatic N) is 5. The summed E-state index contributed by atoms with van der Waals surface area (Å²) in [5, 5.41) is 4.60. The Kier molecular flexibility index (Phi) is 6.78. The maximum Gasteiger partial charge on any atom is 0.240 e. The Morgan fingerprint density at radius 1 is 0.298 bits per heavy atom. The fourth-order valence-electron chi connectivity index (χ4n) is 9.64. The van der Waals surface area contributed by atoms with E-state index in [1.807, 2.05) is 0 Å². The summed E-state index contributed by atoms with van der Waals surface area (Å²) in [6.07, 6.45) is 0. The molecule has 8 aromatic carbocycles. The second-order valence-corrected chi connectivity index (χ2v) is 14.8. The Hall–Kier alpha value is -7.63. The molecule has 1 aliphatic carbocycles. The maximum atomic E-state index is 5.51. The second kappa shape index (κ2) is 12.2. The predicted octanol–water partition coefficient (Wildman–Crippen LogP) is 12.1. The molecule has 0 spiro atoms. The molecule has 11 aromatic rings. The summed E-state index contributed by atoms with van der Waals surface area (Å²) in [5.41, 5.74) is 11.7. The van der Waals surface area contributed by atoms with Gasteiger partial charge in [0, 0.05) is 27.1 Å². The maximum absolute atomic E-state index is 5.51. The van der Waals surface area contributed by atoms with Crippen molar-refractivity contribution in [2.45, 2.75) is 5.41 Å². The molecule has 1 aliphatic rings. The Morgan fingerprint density at radius 3 is 1.07 bits per heavy atom. The molecular weight excluding hydrogens is 695 g/mol. The Bertz CT molecular complexity index is 3090. The molecule has 5 heteroatoms. The van der Waals surface area contributed by atoms with Crippen molar-refractivity contribution in [3.05, 3.63) is 222 Å². The second-order valence-electron chi connectivity index (χ2n) is 14.8. The number of aromatic nitrogens is 5. The van der Waals surface area contributed by atoms with Gasteiger partial charge < -0.3 is 0 Å². The minimum Gasteiger partial charge on any atom is -0.278 e. The van der Waals surface area contributed by atoms with Gasteiger partial charge in [0.2, 0.25) is 11.9 Å².